The van der Waals surface area contributed by atoms with E-state index in [2.05, 4.69) is 4.99 Å². The van der Waals surface area contributed by atoms with Crippen molar-refractivity contribution in [3.8, 4) is 11.5 Å². The zero-order valence-electron chi connectivity index (χ0n) is 15.5. The van der Waals surface area contributed by atoms with Gasteiger partial charge >= 0.3 is 5.97 Å². The smallest absolute Gasteiger partial charge is 0.326 e. The second kappa shape index (κ2) is 8.04. The number of carbonyl (C=O) groups excluding carboxylic acids is 2. The lowest BCUT2D eigenvalue weighted by atomic mass is 10.2. The molecule has 0 radical (unpaired) electrons. The van der Waals surface area contributed by atoms with Crippen LogP contribution in [-0.4, -0.2) is 36.3 Å². The molecule has 1 aromatic heterocycles. The maximum Gasteiger partial charge on any atom is 0.326 e. The first kappa shape index (κ1) is 19.1. The molecule has 1 amide bonds. The average Bonchev–Trinajstić information content (AvgIpc) is 3.06. The molecule has 2 heterocycles. The lowest BCUT2D eigenvalue weighted by Gasteiger charge is -2.18. The number of fused-ring (bicyclic) bond motifs is 2. The van der Waals surface area contributed by atoms with Gasteiger partial charge < -0.3 is 18.8 Å². The lowest BCUT2D eigenvalue weighted by Crippen LogP contribution is -2.23. The zero-order chi connectivity index (χ0) is 20.4. The minimum absolute atomic E-state index is 0.201. The molecule has 0 spiro atoms. The maximum atomic E-state index is 14.4. The fraction of sp³-hybridized carbons (Fsp3) is 0.250. The first-order valence-corrected chi connectivity index (χ1v) is 9.80. The molecule has 9 heteroatoms. The Balaban J connectivity index is 1.78. The van der Waals surface area contributed by atoms with Crippen molar-refractivity contribution in [1.29, 1.82) is 0 Å². The van der Waals surface area contributed by atoms with E-state index in [1.54, 1.807) is 37.3 Å². The Bertz CT molecular complexity index is 1170. The summed E-state index contributed by atoms with van der Waals surface area (Å²) in [6.45, 7) is 2.49. The van der Waals surface area contributed by atoms with Gasteiger partial charge in [0.05, 0.1) is 16.8 Å². The fourth-order valence-corrected chi connectivity index (χ4v) is 4.02. The molecule has 0 bridgehead atoms. The van der Waals surface area contributed by atoms with Gasteiger partial charge in [0.2, 0.25) is 0 Å². The van der Waals surface area contributed by atoms with Crippen LogP contribution in [0.1, 0.15) is 17.3 Å². The van der Waals surface area contributed by atoms with Crippen LogP contribution in [0.15, 0.2) is 41.4 Å². The second-order valence-corrected chi connectivity index (χ2v) is 7.15. The highest BCUT2D eigenvalue weighted by Crippen LogP contribution is 2.31. The summed E-state index contributed by atoms with van der Waals surface area (Å²) >= 11 is 1.12. The number of rotatable bonds is 4. The lowest BCUT2D eigenvalue weighted by molar-refractivity contribution is -0.143. The van der Waals surface area contributed by atoms with Crippen LogP contribution < -0.4 is 14.3 Å². The number of aromatic nitrogens is 1. The van der Waals surface area contributed by atoms with E-state index in [9.17, 15) is 14.0 Å². The van der Waals surface area contributed by atoms with Crippen LogP contribution in [-0.2, 0) is 16.1 Å². The molecule has 7 nitrogen and oxygen atoms in total. The predicted octanol–water partition coefficient (Wildman–Crippen LogP) is 2.92. The highest BCUT2D eigenvalue weighted by molar-refractivity contribution is 7.16. The van der Waals surface area contributed by atoms with E-state index < -0.39 is 17.7 Å². The molecule has 2 aromatic carbocycles. The number of ether oxygens (including phenoxy) is 3. The molecule has 4 rings (SSSR count). The molecular weight excluding hydrogens is 399 g/mol. The van der Waals surface area contributed by atoms with Crippen molar-refractivity contribution >= 4 is 33.4 Å². The zero-order valence-corrected chi connectivity index (χ0v) is 16.3. The molecule has 0 unspecified atom stereocenters. The van der Waals surface area contributed by atoms with Gasteiger partial charge in [-0.05, 0) is 37.3 Å². The summed E-state index contributed by atoms with van der Waals surface area (Å²) in [5.41, 5.74) is 0.508. The summed E-state index contributed by atoms with van der Waals surface area (Å²) in [6.07, 6.45) is 0. The van der Waals surface area contributed by atoms with E-state index in [4.69, 9.17) is 14.2 Å². The second-order valence-electron chi connectivity index (χ2n) is 6.14. The molecule has 0 N–H and O–H groups in total. The number of amides is 1. The van der Waals surface area contributed by atoms with Crippen molar-refractivity contribution in [3.63, 3.8) is 0 Å². The van der Waals surface area contributed by atoms with E-state index in [0.717, 1.165) is 11.3 Å². The Hall–Kier alpha value is -3.20. The highest BCUT2D eigenvalue weighted by atomic mass is 32.1. The number of hydrogen-bond acceptors (Lipinski definition) is 6. The van der Waals surface area contributed by atoms with Gasteiger partial charge in [-0.1, -0.05) is 17.4 Å². The summed E-state index contributed by atoms with van der Waals surface area (Å²) in [5.74, 6) is -0.542. The van der Waals surface area contributed by atoms with Crippen LogP contribution in [0.5, 0.6) is 11.5 Å². The number of esters is 1. The molecule has 150 valence electrons. The summed E-state index contributed by atoms with van der Waals surface area (Å²) in [4.78, 5) is 29.1. The third-order valence-electron chi connectivity index (χ3n) is 4.23. The minimum Gasteiger partial charge on any atom is -0.486 e. The summed E-state index contributed by atoms with van der Waals surface area (Å²) in [6, 6.07) is 9.36. The van der Waals surface area contributed by atoms with Gasteiger partial charge in [0.1, 0.15) is 25.6 Å². The van der Waals surface area contributed by atoms with E-state index in [0.29, 0.717) is 35.0 Å². The average molecular weight is 416 g/mol. The molecule has 29 heavy (non-hydrogen) atoms. The molecule has 0 aliphatic carbocycles. The van der Waals surface area contributed by atoms with Gasteiger partial charge in [-0.2, -0.15) is 4.99 Å². The van der Waals surface area contributed by atoms with Gasteiger partial charge in [-0.25, -0.2) is 4.39 Å². The first-order valence-electron chi connectivity index (χ1n) is 8.99. The van der Waals surface area contributed by atoms with Crippen LogP contribution >= 0.6 is 11.3 Å². The molecule has 0 saturated carbocycles. The molecule has 1 aliphatic rings. The van der Waals surface area contributed by atoms with Gasteiger partial charge in [0.25, 0.3) is 5.91 Å². The molecule has 0 atom stereocenters. The van der Waals surface area contributed by atoms with Gasteiger partial charge in [0, 0.05) is 5.56 Å². The summed E-state index contributed by atoms with van der Waals surface area (Å²) < 4.78 is 32.3. The highest BCUT2D eigenvalue weighted by Gasteiger charge is 2.17. The Morgan fingerprint density at radius 3 is 2.79 bits per heavy atom. The molecule has 0 fully saturated rings. The summed E-state index contributed by atoms with van der Waals surface area (Å²) in [5, 5.41) is 0. The number of carbonyl (C=O) groups is 2. The van der Waals surface area contributed by atoms with Gasteiger partial charge in [-0.3, -0.25) is 9.59 Å². The van der Waals surface area contributed by atoms with Crippen LogP contribution in [0.4, 0.5) is 4.39 Å². The Morgan fingerprint density at radius 2 is 2.00 bits per heavy atom. The van der Waals surface area contributed by atoms with Crippen molar-refractivity contribution in [2.75, 3.05) is 19.8 Å². The van der Waals surface area contributed by atoms with Crippen molar-refractivity contribution in [3.05, 3.63) is 52.6 Å². The van der Waals surface area contributed by atoms with Crippen molar-refractivity contribution in [1.82, 2.24) is 4.57 Å². The van der Waals surface area contributed by atoms with Crippen LogP contribution in [0.2, 0.25) is 0 Å². The number of nitrogens with zero attached hydrogens (tertiary/aromatic N) is 2. The van der Waals surface area contributed by atoms with E-state index in [-0.39, 0.29) is 23.5 Å². The van der Waals surface area contributed by atoms with Crippen LogP contribution in [0, 0.1) is 5.82 Å². The Morgan fingerprint density at radius 1 is 1.21 bits per heavy atom. The predicted molar refractivity (Wildman–Crippen MR) is 104 cm³/mol. The number of benzene rings is 2. The molecular formula is C20H17FN2O5S. The number of thiazole rings is 1. The van der Waals surface area contributed by atoms with Crippen LogP contribution in [0.25, 0.3) is 10.2 Å². The fourth-order valence-electron chi connectivity index (χ4n) is 2.98. The van der Waals surface area contributed by atoms with Crippen molar-refractivity contribution in [2.45, 2.75) is 13.5 Å². The molecule has 0 saturated heterocycles. The SMILES string of the molecule is CCOC(=O)Cn1c(=NC(=O)c2ccc3c(c2)OCCO3)sc2cccc(F)c21. The van der Waals surface area contributed by atoms with E-state index in [1.807, 2.05) is 0 Å². The summed E-state index contributed by atoms with van der Waals surface area (Å²) in [7, 11) is 0. The van der Waals surface area contributed by atoms with Crippen molar-refractivity contribution in [2.24, 2.45) is 4.99 Å². The molecule has 1 aliphatic heterocycles. The standard InChI is InChI=1S/C20H17FN2O5S/c1-2-26-17(24)11-23-18-13(21)4-3-5-16(18)29-20(23)22-19(25)12-6-7-14-15(10-12)28-9-8-27-14/h3-7,10H,2,8-9,11H2,1H3. The topological polar surface area (TPSA) is 79.1 Å². The first-order chi connectivity index (χ1) is 14.1. The third kappa shape index (κ3) is 3.86. The third-order valence-corrected chi connectivity index (χ3v) is 5.27. The van der Waals surface area contributed by atoms with Gasteiger partial charge in [0.15, 0.2) is 16.3 Å². The van der Waals surface area contributed by atoms with Gasteiger partial charge in [-0.15, -0.1) is 0 Å². The number of para-hydroxylation sites is 1. The minimum atomic E-state index is -0.538. The quantitative estimate of drug-likeness (QED) is 0.611. The number of halogens is 1. The van der Waals surface area contributed by atoms with E-state index >= 15 is 0 Å². The van der Waals surface area contributed by atoms with Crippen LogP contribution in [0.3, 0.4) is 0 Å². The van der Waals surface area contributed by atoms with Crippen molar-refractivity contribution < 1.29 is 28.2 Å². The van der Waals surface area contributed by atoms with E-state index in [1.165, 1.54) is 10.6 Å². The Labute approximate surface area is 169 Å². The monoisotopic (exact) mass is 416 g/mol. The normalized spacial score (nSPS) is 13.5. The Kier molecular flexibility index (Phi) is 5.30. The molecule has 3 aromatic rings. The maximum absolute atomic E-state index is 14.4. The largest absolute Gasteiger partial charge is 0.486 e. The number of hydrogen-bond donors (Lipinski definition) is 0.